The normalized spacial score (nSPS) is 18.3. The molecule has 2 aromatic carbocycles. The summed E-state index contributed by atoms with van der Waals surface area (Å²) >= 11 is 0. The Morgan fingerprint density at radius 3 is 2.57 bits per heavy atom. The van der Waals surface area contributed by atoms with Gasteiger partial charge in [0.2, 0.25) is 15.8 Å². The molecule has 28 heavy (non-hydrogen) atoms. The largest absolute Gasteiger partial charge is 0.334 e. The third kappa shape index (κ3) is 3.47. The summed E-state index contributed by atoms with van der Waals surface area (Å²) in [5.41, 5.74) is 2.40. The van der Waals surface area contributed by atoms with Crippen LogP contribution >= 0.6 is 0 Å². The standard InChI is InChI=1S/C21H23N3O3S/c1-15-10-12-17(13-11-15)20-22-21(27-23-20)18-8-3-4-9-19(18)28(25,26)24-14-6-5-7-16(24)2/h3-4,8-13,16H,5-7,14H2,1-2H3/t16-/m0/s1. The first-order chi connectivity index (χ1) is 13.5. The molecule has 0 N–H and O–H groups in total. The molecule has 146 valence electrons. The van der Waals surface area contributed by atoms with Crippen molar-refractivity contribution in [1.82, 2.24) is 14.4 Å². The molecule has 7 heteroatoms. The van der Waals surface area contributed by atoms with E-state index >= 15 is 0 Å². The topological polar surface area (TPSA) is 76.3 Å². The van der Waals surface area contributed by atoms with Gasteiger partial charge in [0.15, 0.2) is 0 Å². The number of nitrogens with zero attached hydrogens (tertiary/aromatic N) is 3. The van der Waals surface area contributed by atoms with E-state index in [0.717, 1.165) is 30.4 Å². The van der Waals surface area contributed by atoms with Crippen molar-refractivity contribution < 1.29 is 12.9 Å². The number of aromatic nitrogens is 2. The first-order valence-corrected chi connectivity index (χ1v) is 10.9. The van der Waals surface area contributed by atoms with E-state index in [2.05, 4.69) is 10.1 Å². The highest BCUT2D eigenvalue weighted by Crippen LogP contribution is 2.32. The van der Waals surface area contributed by atoms with Crippen LogP contribution < -0.4 is 0 Å². The summed E-state index contributed by atoms with van der Waals surface area (Å²) in [5.74, 6) is 0.646. The van der Waals surface area contributed by atoms with Crippen LogP contribution in [0.25, 0.3) is 22.8 Å². The first kappa shape index (κ1) is 18.8. The lowest BCUT2D eigenvalue weighted by Gasteiger charge is -2.32. The minimum absolute atomic E-state index is 0.0161. The monoisotopic (exact) mass is 397 g/mol. The van der Waals surface area contributed by atoms with Crippen molar-refractivity contribution in [3.8, 4) is 22.8 Å². The quantitative estimate of drug-likeness (QED) is 0.657. The van der Waals surface area contributed by atoms with Gasteiger partial charge in [-0.25, -0.2) is 8.42 Å². The maximum Gasteiger partial charge on any atom is 0.259 e. The molecule has 6 nitrogen and oxygen atoms in total. The highest BCUT2D eigenvalue weighted by molar-refractivity contribution is 7.89. The van der Waals surface area contributed by atoms with Gasteiger partial charge in [-0.15, -0.1) is 0 Å². The molecule has 1 fully saturated rings. The Labute approximate surface area is 165 Å². The van der Waals surface area contributed by atoms with Crippen LogP contribution in [0.3, 0.4) is 0 Å². The SMILES string of the molecule is Cc1ccc(-c2noc(-c3ccccc3S(=O)(=O)N3CCCC[C@@H]3C)n2)cc1. The zero-order valence-electron chi connectivity index (χ0n) is 16.0. The van der Waals surface area contributed by atoms with Gasteiger partial charge in [-0.05, 0) is 38.8 Å². The molecule has 0 unspecified atom stereocenters. The van der Waals surface area contributed by atoms with Crippen molar-refractivity contribution in [2.45, 2.75) is 44.0 Å². The lowest BCUT2D eigenvalue weighted by Crippen LogP contribution is -2.42. The molecule has 4 rings (SSSR count). The minimum atomic E-state index is -3.65. The average molecular weight is 398 g/mol. The Balaban J connectivity index is 1.74. The molecule has 1 atom stereocenters. The molecular weight excluding hydrogens is 374 g/mol. The molecule has 1 saturated heterocycles. The van der Waals surface area contributed by atoms with E-state index in [-0.39, 0.29) is 16.8 Å². The van der Waals surface area contributed by atoms with Crippen LogP contribution in [-0.2, 0) is 10.0 Å². The van der Waals surface area contributed by atoms with Crippen molar-refractivity contribution in [3.05, 3.63) is 54.1 Å². The summed E-state index contributed by atoms with van der Waals surface area (Å²) in [6.07, 6.45) is 2.81. The number of hydrogen-bond donors (Lipinski definition) is 0. The predicted octanol–water partition coefficient (Wildman–Crippen LogP) is 4.28. The molecule has 2 heterocycles. The lowest BCUT2D eigenvalue weighted by molar-refractivity contribution is 0.268. The van der Waals surface area contributed by atoms with Gasteiger partial charge in [-0.2, -0.15) is 9.29 Å². The van der Waals surface area contributed by atoms with Crippen molar-refractivity contribution in [3.63, 3.8) is 0 Å². The van der Waals surface area contributed by atoms with Crippen molar-refractivity contribution in [1.29, 1.82) is 0 Å². The molecule has 0 amide bonds. The van der Waals surface area contributed by atoms with Crippen molar-refractivity contribution >= 4 is 10.0 Å². The van der Waals surface area contributed by atoms with Gasteiger partial charge in [0.25, 0.3) is 5.89 Å². The zero-order chi connectivity index (χ0) is 19.7. The summed E-state index contributed by atoms with van der Waals surface area (Å²) in [6, 6.07) is 14.6. The first-order valence-electron chi connectivity index (χ1n) is 9.49. The molecule has 0 saturated carbocycles. The van der Waals surface area contributed by atoms with E-state index in [1.54, 1.807) is 28.6 Å². The molecule has 0 aliphatic carbocycles. The molecule has 0 bridgehead atoms. The number of aryl methyl sites for hydroxylation is 1. The Morgan fingerprint density at radius 1 is 1.07 bits per heavy atom. The van der Waals surface area contributed by atoms with Gasteiger partial charge >= 0.3 is 0 Å². The van der Waals surface area contributed by atoms with E-state index in [9.17, 15) is 8.42 Å². The lowest BCUT2D eigenvalue weighted by atomic mass is 10.1. The van der Waals surface area contributed by atoms with Gasteiger partial charge in [-0.1, -0.05) is 53.5 Å². The molecular formula is C21H23N3O3S. The van der Waals surface area contributed by atoms with Crippen molar-refractivity contribution in [2.75, 3.05) is 6.54 Å². The van der Waals surface area contributed by atoms with Crippen LogP contribution in [0.1, 0.15) is 31.7 Å². The Morgan fingerprint density at radius 2 is 1.82 bits per heavy atom. The number of benzene rings is 2. The van der Waals surface area contributed by atoms with Gasteiger partial charge in [0.05, 0.1) is 10.5 Å². The van der Waals surface area contributed by atoms with E-state index in [4.69, 9.17) is 4.52 Å². The van der Waals surface area contributed by atoms with E-state index in [1.165, 1.54) is 0 Å². The van der Waals surface area contributed by atoms with E-state index in [1.807, 2.05) is 38.1 Å². The highest BCUT2D eigenvalue weighted by Gasteiger charge is 2.33. The average Bonchev–Trinajstić information content (AvgIpc) is 3.19. The summed E-state index contributed by atoms with van der Waals surface area (Å²) in [4.78, 5) is 4.67. The predicted molar refractivity (Wildman–Crippen MR) is 107 cm³/mol. The van der Waals surface area contributed by atoms with E-state index < -0.39 is 10.0 Å². The maximum absolute atomic E-state index is 13.3. The second-order valence-electron chi connectivity index (χ2n) is 7.25. The molecule has 3 aromatic rings. The molecule has 0 radical (unpaired) electrons. The second kappa shape index (κ2) is 7.48. The molecule has 1 aliphatic rings. The number of hydrogen-bond acceptors (Lipinski definition) is 5. The van der Waals surface area contributed by atoms with Crippen LogP contribution in [0.15, 0.2) is 57.9 Å². The van der Waals surface area contributed by atoms with Gasteiger partial charge in [-0.3, -0.25) is 0 Å². The smallest absolute Gasteiger partial charge is 0.259 e. The van der Waals surface area contributed by atoms with Crippen molar-refractivity contribution in [2.24, 2.45) is 0 Å². The van der Waals surface area contributed by atoms with E-state index in [0.29, 0.717) is 17.9 Å². The van der Waals surface area contributed by atoms with Gasteiger partial charge in [0, 0.05) is 18.2 Å². The Bertz CT molecular complexity index is 1070. The maximum atomic E-state index is 13.3. The van der Waals surface area contributed by atoms with Crippen LogP contribution in [0.5, 0.6) is 0 Å². The van der Waals surface area contributed by atoms with Gasteiger partial charge < -0.3 is 4.52 Å². The van der Waals surface area contributed by atoms with Crippen LogP contribution in [0, 0.1) is 6.92 Å². The second-order valence-corrected chi connectivity index (χ2v) is 9.10. The summed E-state index contributed by atoms with van der Waals surface area (Å²) in [7, 11) is -3.65. The van der Waals surface area contributed by atoms with Crippen LogP contribution in [0.2, 0.25) is 0 Å². The number of piperidine rings is 1. The Kier molecular flexibility index (Phi) is 5.03. The summed E-state index contributed by atoms with van der Waals surface area (Å²) in [5, 5.41) is 4.05. The fraction of sp³-hybridized carbons (Fsp3) is 0.333. The molecule has 1 aliphatic heterocycles. The fourth-order valence-corrected chi connectivity index (χ4v) is 5.46. The fourth-order valence-electron chi connectivity index (χ4n) is 3.58. The Hall–Kier alpha value is -2.51. The van der Waals surface area contributed by atoms with Gasteiger partial charge in [0.1, 0.15) is 0 Å². The molecule has 0 spiro atoms. The van der Waals surface area contributed by atoms with Crippen LogP contribution in [0.4, 0.5) is 0 Å². The third-order valence-electron chi connectivity index (χ3n) is 5.18. The molecule has 1 aromatic heterocycles. The zero-order valence-corrected chi connectivity index (χ0v) is 16.8. The third-order valence-corrected chi connectivity index (χ3v) is 7.25. The number of rotatable bonds is 4. The highest BCUT2D eigenvalue weighted by atomic mass is 32.2. The minimum Gasteiger partial charge on any atom is -0.334 e. The number of sulfonamides is 1. The van der Waals surface area contributed by atoms with Crippen LogP contribution in [-0.4, -0.2) is 35.5 Å². The summed E-state index contributed by atoms with van der Waals surface area (Å²) in [6.45, 7) is 4.51. The summed E-state index contributed by atoms with van der Waals surface area (Å²) < 4.78 is 33.7.